The van der Waals surface area contributed by atoms with Crippen molar-refractivity contribution in [2.24, 2.45) is 0 Å². The molecule has 1 rings (SSSR count). The standard InChI is InChI=1S/C26H44O3S4/c1-6-10-30-19-25(32-12-8-3)17-28-23-14-22(21(5)27)15-24(16-23)29-18-26(33-13-9-4)20-31-11-7-2/h14-16,25-26H,6-13,17-20H2,1-5H3. The highest BCUT2D eigenvalue weighted by atomic mass is 32.2. The second-order valence-corrected chi connectivity index (χ2v) is 13.1. The molecule has 0 aromatic heterocycles. The van der Waals surface area contributed by atoms with E-state index in [0.29, 0.717) is 29.3 Å². The van der Waals surface area contributed by atoms with Crippen LogP contribution < -0.4 is 9.47 Å². The largest absolute Gasteiger partial charge is 0.492 e. The highest BCUT2D eigenvalue weighted by molar-refractivity contribution is 8.03. The van der Waals surface area contributed by atoms with Gasteiger partial charge in [-0.1, -0.05) is 27.7 Å². The molecule has 33 heavy (non-hydrogen) atoms. The van der Waals surface area contributed by atoms with E-state index in [9.17, 15) is 4.79 Å². The second kappa shape index (κ2) is 20.1. The Morgan fingerprint density at radius 3 is 1.52 bits per heavy atom. The van der Waals surface area contributed by atoms with Crippen LogP contribution in [0, 0.1) is 0 Å². The maximum atomic E-state index is 12.1. The predicted molar refractivity (Wildman–Crippen MR) is 156 cm³/mol. The zero-order chi connectivity index (χ0) is 24.3. The van der Waals surface area contributed by atoms with Gasteiger partial charge in [-0.05, 0) is 67.8 Å². The Kier molecular flexibility index (Phi) is 18.9. The minimum Gasteiger partial charge on any atom is -0.492 e. The highest BCUT2D eigenvalue weighted by Crippen LogP contribution is 2.27. The number of hydrogen-bond acceptors (Lipinski definition) is 7. The van der Waals surface area contributed by atoms with E-state index in [1.54, 1.807) is 6.92 Å². The van der Waals surface area contributed by atoms with Crippen LogP contribution in [0.5, 0.6) is 11.5 Å². The lowest BCUT2D eigenvalue weighted by molar-refractivity contribution is 0.101. The topological polar surface area (TPSA) is 35.5 Å². The Morgan fingerprint density at radius 2 is 1.15 bits per heavy atom. The molecular weight excluding hydrogens is 489 g/mol. The summed E-state index contributed by atoms with van der Waals surface area (Å²) >= 11 is 7.98. The van der Waals surface area contributed by atoms with E-state index in [-0.39, 0.29) is 5.78 Å². The zero-order valence-electron chi connectivity index (χ0n) is 21.2. The van der Waals surface area contributed by atoms with Crippen molar-refractivity contribution in [1.82, 2.24) is 0 Å². The summed E-state index contributed by atoms with van der Waals surface area (Å²) in [6.07, 6.45) is 4.75. The molecule has 0 fully saturated rings. The molecule has 0 aliphatic rings. The molecule has 0 saturated heterocycles. The summed E-state index contributed by atoms with van der Waals surface area (Å²) in [5.41, 5.74) is 0.652. The van der Waals surface area contributed by atoms with E-state index in [1.807, 2.05) is 65.2 Å². The number of hydrogen-bond donors (Lipinski definition) is 0. The molecule has 0 heterocycles. The van der Waals surface area contributed by atoms with Crippen LogP contribution in [-0.4, -0.2) is 64.0 Å². The van der Waals surface area contributed by atoms with Gasteiger partial charge in [-0.2, -0.15) is 47.0 Å². The first kappa shape index (κ1) is 30.9. The zero-order valence-corrected chi connectivity index (χ0v) is 24.5. The van der Waals surface area contributed by atoms with Crippen molar-refractivity contribution in [2.45, 2.75) is 70.8 Å². The molecule has 0 aliphatic carbocycles. The fourth-order valence-corrected chi connectivity index (χ4v) is 7.34. The number of carbonyl (C=O) groups excluding carboxylic acids is 1. The van der Waals surface area contributed by atoms with Crippen LogP contribution in [0.3, 0.4) is 0 Å². The third-order valence-corrected chi connectivity index (χ3v) is 10.5. The molecule has 1 aromatic rings. The molecular formula is C26H44O3S4. The van der Waals surface area contributed by atoms with E-state index in [0.717, 1.165) is 34.5 Å². The summed E-state index contributed by atoms with van der Waals surface area (Å²) in [4.78, 5) is 12.1. The average molecular weight is 533 g/mol. The van der Waals surface area contributed by atoms with Gasteiger partial charge in [0.25, 0.3) is 0 Å². The number of thioether (sulfide) groups is 4. The number of benzene rings is 1. The van der Waals surface area contributed by atoms with Gasteiger partial charge < -0.3 is 9.47 Å². The first-order valence-corrected chi connectivity index (χ1v) is 16.7. The number of ketones is 1. The number of ether oxygens (including phenoxy) is 2. The molecule has 0 bridgehead atoms. The molecule has 0 N–H and O–H groups in total. The minimum atomic E-state index is 0.0381. The van der Waals surface area contributed by atoms with Crippen molar-refractivity contribution < 1.29 is 14.3 Å². The lowest BCUT2D eigenvalue weighted by Gasteiger charge is -2.19. The van der Waals surface area contributed by atoms with Gasteiger partial charge in [0, 0.05) is 33.6 Å². The van der Waals surface area contributed by atoms with Crippen molar-refractivity contribution in [3.63, 3.8) is 0 Å². The fraction of sp³-hybridized carbons (Fsp3) is 0.731. The first-order valence-electron chi connectivity index (χ1n) is 12.3. The lowest BCUT2D eigenvalue weighted by Crippen LogP contribution is -2.19. The molecule has 0 saturated carbocycles. The van der Waals surface area contributed by atoms with Gasteiger partial charge in [0.1, 0.15) is 24.7 Å². The number of carbonyl (C=O) groups is 1. The molecule has 0 amide bonds. The molecule has 2 atom stereocenters. The monoisotopic (exact) mass is 532 g/mol. The van der Waals surface area contributed by atoms with Crippen LogP contribution in [0.15, 0.2) is 18.2 Å². The molecule has 2 unspecified atom stereocenters. The quantitative estimate of drug-likeness (QED) is 0.117. The average Bonchev–Trinajstić information content (AvgIpc) is 2.81. The third-order valence-electron chi connectivity index (χ3n) is 4.58. The maximum Gasteiger partial charge on any atom is 0.160 e. The van der Waals surface area contributed by atoms with Gasteiger partial charge in [0.15, 0.2) is 5.78 Å². The number of rotatable bonds is 21. The Bertz CT molecular complexity index is 598. The van der Waals surface area contributed by atoms with Crippen molar-refractivity contribution in [3.05, 3.63) is 23.8 Å². The van der Waals surface area contributed by atoms with Gasteiger partial charge in [-0.15, -0.1) is 0 Å². The van der Waals surface area contributed by atoms with Gasteiger partial charge >= 0.3 is 0 Å². The normalized spacial score (nSPS) is 13.0. The van der Waals surface area contributed by atoms with Crippen molar-refractivity contribution in [3.8, 4) is 11.5 Å². The summed E-state index contributed by atoms with van der Waals surface area (Å²) in [7, 11) is 0. The smallest absolute Gasteiger partial charge is 0.160 e. The summed E-state index contributed by atoms with van der Waals surface area (Å²) in [5, 5.41) is 0.912. The van der Waals surface area contributed by atoms with Crippen molar-refractivity contribution in [1.29, 1.82) is 0 Å². The molecule has 3 nitrogen and oxygen atoms in total. The van der Waals surface area contributed by atoms with E-state index in [4.69, 9.17) is 9.47 Å². The minimum absolute atomic E-state index is 0.0381. The highest BCUT2D eigenvalue weighted by Gasteiger charge is 2.14. The summed E-state index contributed by atoms with van der Waals surface area (Å²) in [6, 6.07) is 5.67. The van der Waals surface area contributed by atoms with Crippen molar-refractivity contribution >= 4 is 52.8 Å². The van der Waals surface area contributed by atoms with Crippen LogP contribution in [0.4, 0.5) is 0 Å². The fourth-order valence-electron chi connectivity index (χ4n) is 2.90. The van der Waals surface area contributed by atoms with Crippen LogP contribution in [0.25, 0.3) is 0 Å². The van der Waals surface area contributed by atoms with Crippen LogP contribution in [0.2, 0.25) is 0 Å². The summed E-state index contributed by atoms with van der Waals surface area (Å²) < 4.78 is 12.4. The molecule has 190 valence electrons. The van der Waals surface area contributed by atoms with Crippen LogP contribution in [-0.2, 0) is 0 Å². The first-order chi connectivity index (χ1) is 16.0. The second-order valence-electron chi connectivity index (χ2n) is 8.01. The van der Waals surface area contributed by atoms with Gasteiger partial charge in [-0.25, -0.2) is 0 Å². The molecule has 0 aliphatic heterocycles. The van der Waals surface area contributed by atoms with Gasteiger partial charge in [0.2, 0.25) is 0 Å². The van der Waals surface area contributed by atoms with Crippen molar-refractivity contribution in [2.75, 3.05) is 47.7 Å². The van der Waals surface area contributed by atoms with E-state index >= 15 is 0 Å². The Morgan fingerprint density at radius 1 is 0.727 bits per heavy atom. The molecule has 0 radical (unpaired) electrons. The Labute approximate surface area is 220 Å². The predicted octanol–water partition coefficient (Wildman–Crippen LogP) is 7.96. The van der Waals surface area contributed by atoms with E-state index in [1.165, 1.54) is 37.2 Å². The van der Waals surface area contributed by atoms with Gasteiger partial charge in [-0.3, -0.25) is 4.79 Å². The number of Topliss-reactive ketones (excluding diaryl/α,β-unsaturated/α-hetero) is 1. The molecule has 0 spiro atoms. The molecule has 7 heteroatoms. The summed E-state index contributed by atoms with van der Waals surface area (Å²) in [6.45, 7) is 11.8. The van der Waals surface area contributed by atoms with Gasteiger partial charge in [0.05, 0.1) is 0 Å². The van der Waals surface area contributed by atoms with Crippen LogP contribution >= 0.6 is 47.0 Å². The lowest BCUT2D eigenvalue weighted by atomic mass is 10.1. The molecule has 1 aromatic carbocycles. The van der Waals surface area contributed by atoms with E-state index < -0.39 is 0 Å². The SMILES string of the molecule is CCCSCC(COc1cc(OCC(CSCCC)SCCC)cc(C(C)=O)c1)SCCC. The third kappa shape index (κ3) is 14.8. The Hall–Kier alpha value is -0.110. The maximum absolute atomic E-state index is 12.1. The van der Waals surface area contributed by atoms with Crippen LogP contribution in [0.1, 0.15) is 70.7 Å². The van der Waals surface area contributed by atoms with E-state index in [2.05, 4.69) is 27.7 Å². The Balaban J connectivity index is 2.80. The summed E-state index contributed by atoms with van der Waals surface area (Å²) in [5.74, 6) is 8.38.